The lowest BCUT2D eigenvalue weighted by atomic mass is 9.69. The molecule has 2 atom stereocenters. The standard InChI is InChI=1S/C25H26N4OS/c1-14-22(15(2)29-10-8-16-4-6-20(16)24(30)23(14)29)21-7-9-26-25(28-21)27-19-5-3-17-12-31-13-18(17)11-19/h3,5,7,9,11,16,20H,4,6,8,10,12-13H2,1-2H3,(H,26,27,28)/p+1. The lowest BCUT2D eigenvalue weighted by Gasteiger charge is -2.33. The molecule has 0 radical (unpaired) electrons. The second-order valence-electron chi connectivity index (χ2n) is 9.10. The number of nitrogens with zero attached hydrogens (tertiary/aromatic N) is 3. The van der Waals surface area contributed by atoms with Gasteiger partial charge >= 0.3 is 0 Å². The molecule has 1 saturated carbocycles. The van der Waals surface area contributed by atoms with Gasteiger partial charge in [-0.15, -0.1) is 0 Å². The van der Waals surface area contributed by atoms with Crippen molar-refractivity contribution in [3.8, 4) is 11.3 Å². The summed E-state index contributed by atoms with van der Waals surface area (Å²) in [6.07, 6.45) is 5.16. The molecular weight excluding hydrogens is 404 g/mol. The molecule has 0 amide bonds. The Morgan fingerprint density at radius 1 is 1.10 bits per heavy atom. The molecule has 3 aromatic rings. The maximum absolute atomic E-state index is 13.3. The van der Waals surface area contributed by atoms with E-state index in [2.05, 4.69) is 46.9 Å². The molecule has 4 heterocycles. The van der Waals surface area contributed by atoms with Crippen LogP contribution < -0.4 is 5.32 Å². The van der Waals surface area contributed by atoms with Crippen LogP contribution in [0.15, 0.2) is 30.5 Å². The van der Waals surface area contributed by atoms with Gasteiger partial charge in [0.25, 0.3) is 0 Å². The van der Waals surface area contributed by atoms with Crippen LogP contribution in [0.3, 0.4) is 0 Å². The van der Waals surface area contributed by atoms with E-state index in [9.17, 15) is 4.79 Å². The summed E-state index contributed by atoms with van der Waals surface area (Å²) in [6, 6.07) is 8.50. The number of rotatable bonds is 3. The van der Waals surface area contributed by atoms with Crippen molar-refractivity contribution in [2.45, 2.75) is 51.2 Å². The second-order valence-corrected chi connectivity index (χ2v) is 10.2. The molecule has 1 aromatic carbocycles. The highest BCUT2D eigenvalue weighted by atomic mass is 32.2. The van der Waals surface area contributed by atoms with E-state index in [1.165, 1.54) is 29.3 Å². The Labute approximate surface area is 186 Å². The van der Waals surface area contributed by atoms with Gasteiger partial charge in [0.05, 0.1) is 11.4 Å². The van der Waals surface area contributed by atoms with Gasteiger partial charge in [-0.2, -0.15) is 0 Å². The molecule has 2 aromatic heterocycles. The van der Waals surface area contributed by atoms with Gasteiger partial charge in [0.1, 0.15) is 11.5 Å². The van der Waals surface area contributed by atoms with Gasteiger partial charge in [0, 0.05) is 46.7 Å². The summed E-state index contributed by atoms with van der Waals surface area (Å²) in [6.45, 7) is 5.14. The Kier molecular flexibility index (Phi) is 4.46. The fraction of sp³-hybridized carbons (Fsp3) is 0.400. The van der Waals surface area contributed by atoms with Crippen LogP contribution in [0.5, 0.6) is 0 Å². The van der Waals surface area contributed by atoms with E-state index < -0.39 is 0 Å². The average molecular weight is 432 g/mol. The summed E-state index contributed by atoms with van der Waals surface area (Å²) in [5.41, 5.74) is 8.97. The summed E-state index contributed by atoms with van der Waals surface area (Å²) >= 11 is 1.48. The van der Waals surface area contributed by atoms with Crippen LogP contribution in [0.2, 0.25) is 0 Å². The molecular formula is C25H27N4OS+. The first-order valence-corrected chi connectivity index (χ1v) is 12.5. The molecule has 6 rings (SSSR count). The molecule has 5 nitrogen and oxygen atoms in total. The number of carbonyl (C=O) groups excluding carboxylic acids is 1. The summed E-state index contributed by atoms with van der Waals surface area (Å²) < 4.78 is 2.25. The maximum Gasteiger partial charge on any atom is 0.227 e. The van der Waals surface area contributed by atoms with Crippen LogP contribution in [0.25, 0.3) is 11.3 Å². The van der Waals surface area contributed by atoms with Gasteiger partial charge in [0.2, 0.25) is 5.95 Å². The van der Waals surface area contributed by atoms with Crippen molar-refractivity contribution >= 4 is 29.2 Å². The van der Waals surface area contributed by atoms with Gasteiger partial charge < -0.3 is 9.88 Å². The fourth-order valence-corrected chi connectivity index (χ4v) is 6.79. The van der Waals surface area contributed by atoms with Crippen LogP contribution in [0, 0.1) is 25.7 Å². The second kappa shape index (κ2) is 7.23. The number of fused-ring (bicyclic) bond motifs is 3. The van der Waals surface area contributed by atoms with Crippen molar-refractivity contribution in [3.63, 3.8) is 0 Å². The van der Waals surface area contributed by atoms with Gasteiger partial charge in [-0.3, -0.25) is 4.79 Å². The van der Waals surface area contributed by atoms with Crippen molar-refractivity contribution in [1.82, 2.24) is 14.5 Å². The summed E-state index contributed by atoms with van der Waals surface area (Å²) in [7, 11) is 0. The van der Waals surface area contributed by atoms with Crippen molar-refractivity contribution in [2.75, 3.05) is 5.32 Å². The number of Topliss-reactive ketones (excluding diaryl/α,β-unsaturated/α-hetero) is 1. The van der Waals surface area contributed by atoms with Gasteiger partial charge in [-0.25, -0.2) is 9.97 Å². The third kappa shape index (κ3) is 3.03. The minimum Gasteiger partial charge on any atom is -0.342 e. The van der Waals surface area contributed by atoms with E-state index in [4.69, 9.17) is 4.98 Å². The van der Waals surface area contributed by atoms with E-state index in [1.807, 2.05) is 12.3 Å². The van der Waals surface area contributed by atoms with E-state index in [0.717, 1.165) is 64.8 Å². The predicted octanol–water partition coefficient (Wildman–Crippen LogP) is 4.75. The number of carbonyl (C=O) groups is 1. The quantitative estimate of drug-likeness (QED) is 0.480. The summed E-state index contributed by atoms with van der Waals surface area (Å²) in [5, 5.41) is 3.39. The van der Waals surface area contributed by atoms with E-state index in [-0.39, 0.29) is 5.92 Å². The topological polar surface area (TPSA) is 59.8 Å². The summed E-state index contributed by atoms with van der Waals surface area (Å²) in [5.74, 6) is 4.01. The van der Waals surface area contributed by atoms with Crippen LogP contribution >= 0.6 is 0 Å². The lowest BCUT2D eigenvalue weighted by Crippen LogP contribution is -2.31. The van der Waals surface area contributed by atoms with Crippen molar-refractivity contribution in [3.05, 3.63) is 58.5 Å². The number of ketones is 1. The van der Waals surface area contributed by atoms with Crippen molar-refractivity contribution in [1.29, 1.82) is 0 Å². The highest BCUT2D eigenvalue weighted by molar-refractivity contribution is 7.77. The molecule has 2 unspecified atom stereocenters. The Morgan fingerprint density at radius 2 is 1.97 bits per heavy atom. The number of benzene rings is 1. The first kappa shape index (κ1) is 19.1. The molecule has 3 aliphatic rings. The lowest BCUT2D eigenvalue weighted by molar-refractivity contribution is 0.0739. The number of hydrogen-bond donors (Lipinski definition) is 1. The van der Waals surface area contributed by atoms with Crippen LogP contribution in [-0.2, 0) is 29.8 Å². The molecule has 6 heteroatoms. The predicted molar refractivity (Wildman–Crippen MR) is 126 cm³/mol. The molecule has 31 heavy (non-hydrogen) atoms. The zero-order valence-corrected chi connectivity index (χ0v) is 18.9. The van der Waals surface area contributed by atoms with E-state index in [0.29, 0.717) is 17.6 Å². The maximum atomic E-state index is 13.3. The monoisotopic (exact) mass is 431 g/mol. The number of thiol groups is 1. The molecule has 1 aliphatic carbocycles. The molecule has 2 aliphatic heterocycles. The van der Waals surface area contributed by atoms with E-state index >= 15 is 0 Å². The smallest absolute Gasteiger partial charge is 0.227 e. The van der Waals surface area contributed by atoms with Crippen LogP contribution in [0.4, 0.5) is 11.6 Å². The number of aromatic nitrogens is 3. The van der Waals surface area contributed by atoms with Gasteiger partial charge in [0.15, 0.2) is 5.78 Å². The minimum atomic E-state index is 0.226. The SMILES string of the molecule is Cc1c(-c2ccnc(Nc3ccc4c(c3)C[SH+]C4)n2)c(C)n2c1C(=O)C1CCC1CC2. The summed E-state index contributed by atoms with van der Waals surface area (Å²) in [4.78, 5) is 22.6. The van der Waals surface area contributed by atoms with E-state index in [1.54, 1.807) is 0 Å². The Balaban J connectivity index is 1.36. The molecule has 0 saturated heterocycles. The molecule has 0 bridgehead atoms. The number of nitrogens with one attached hydrogen (secondary N) is 1. The molecule has 1 N–H and O–H groups in total. The normalized spacial score (nSPS) is 21.7. The van der Waals surface area contributed by atoms with Crippen LogP contribution in [-0.4, -0.2) is 20.3 Å². The Hall–Kier alpha value is -2.60. The first-order chi connectivity index (χ1) is 15.1. The molecule has 158 valence electrons. The van der Waals surface area contributed by atoms with Crippen LogP contribution in [0.1, 0.15) is 52.1 Å². The Morgan fingerprint density at radius 3 is 2.81 bits per heavy atom. The van der Waals surface area contributed by atoms with Gasteiger partial charge in [-0.05, 0) is 74.6 Å². The molecule has 1 fully saturated rings. The molecule has 0 spiro atoms. The highest BCUT2D eigenvalue weighted by Gasteiger charge is 2.41. The third-order valence-corrected chi connectivity index (χ3v) is 8.54. The number of hydrogen-bond acceptors (Lipinski definition) is 4. The minimum absolute atomic E-state index is 0.226. The van der Waals surface area contributed by atoms with Crippen molar-refractivity contribution < 1.29 is 4.79 Å². The fourth-order valence-electron chi connectivity index (χ4n) is 5.59. The average Bonchev–Trinajstić information content (AvgIpc) is 3.26. The highest BCUT2D eigenvalue weighted by Crippen LogP contribution is 2.44. The first-order valence-electron chi connectivity index (χ1n) is 11.2. The van der Waals surface area contributed by atoms with Gasteiger partial charge in [-0.1, -0.05) is 6.07 Å². The third-order valence-electron chi connectivity index (χ3n) is 7.42. The zero-order valence-electron chi connectivity index (χ0n) is 18.0. The number of anilines is 2. The van der Waals surface area contributed by atoms with Crippen molar-refractivity contribution in [2.24, 2.45) is 11.8 Å². The Bertz CT molecular complexity index is 1210. The zero-order chi connectivity index (χ0) is 21.1. The largest absolute Gasteiger partial charge is 0.342 e.